The molecule has 0 saturated heterocycles. The predicted molar refractivity (Wildman–Crippen MR) is 69.7 cm³/mol. The number of nitrogens with two attached hydrogens (primary N) is 1. The maximum atomic E-state index is 11.7. The number of hydrogen-bond donors (Lipinski definition) is 1. The van der Waals surface area contributed by atoms with E-state index in [0.29, 0.717) is 18.1 Å². The number of rotatable bonds is 7. The van der Waals surface area contributed by atoms with E-state index >= 15 is 0 Å². The monoisotopic (exact) mass is 257 g/mol. The van der Waals surface area contributed by atoms with Gasteiger partial charge in [0.1, 0.15) is 5.75 Å². The fourth-order valence-corrected chi connectivity index (χ4v) is 2.54. The molecular weight excluding hydrogens is 238 g/mol. The van der Waals surface area contributed by atoms with Crippen LogP contribution in [0.3, 0.4) is 0 Å². The Morgan fingerprint density at radius 1 is 1.41 bits per heavy atom. The summed E-state index contributed by atoms with van der Waals surface area (Å²) >= 11 is 0. The first-order valence-corrected chi connectivity index (χ1v) is 6.89. The molecule has 5 heteroatoms. The van der Waals surface area contributed by atoms with Crippen molar-refractivity contribution >= 4 is 10.8 Å². The Hall–Kier alpha value is -0.910. The molecule has 0 spiro atoms. The molecule has 0 aliphatic heterocycles. The minimum atomic E-state index is -0.950. The second-order valence-corrected chi connectivity index (χ2v) is 5.31. The molecule has 0 bridgehead atoms. The van der Waals surface area contributed by atoms with Gasteiger partial charge in [-0.05, 0) is 17.7 Å². The van der Waals surface area contributed by atoms with Crippen LogP contribution >= 0.6 is 0 Å². The van der Waals surface area contributed by atoms with Crippen LogP contribution < -0.4 is 10.5 Å². The summed E-state index contributed by atoms with van der Waals surface area (Å²) in [5.41, 5.74) is 6.94. The SMILES string of the molecule is COCCS(=O)CC(N)c1cccc(OC)c1. The van der Waals surface area contributed by atoms with Crippen molar-refractivity contribution in [2.24, 2.45) is 5.73 Å². The van der Waals surface area contributed by atoms with Gasteiger partial charge in [-0.2, -0.15) is 0 Å². The summed E-state index contributed by atoms with van der Waals surface area (Å²) in [4.78, 5) is 0. The maximum absolute atomic E-state index is 11.7. The summed E-state index contributed by atoms with van der Waals surface area (Å²) in [6.07, 6.45) is 0. The first kappa shape index (κ1) is 14.2. The molecule has 0 aromatic heterocycles. The topological polar surface area (TPSA) is 61.5 Å². The van der Waals surface area contributed by atoms with Gasteiger partial charge in [0.25, 0.3) is 0 Å². The fraction of sp³-hybridized carbons (Fsp3) is 0.500. The van der Waals surface area contributed by atoms with Crippen molar-refractivity contribution in [2.75, 3.05) is 32.3 Å². The highest BCUT2D eigenvalue weighted by molar-refractivity contribution is 7.85. The quantitative estimate of drug-likeness (QED) is 0.794. The van der Waals surface area contributed by atoms with Crippen molar-refractivity contribution in [1.29, 1.82) is 0 Å². The lowest BCUT2D eigenvalue weighted by atomic mass is 10.1. The Balaban J connectivity index is 2.56. The molecule has 0 radical (unpaired) electrons. The molecule has 4 nitrogen and oxygen atoms in total. The minimum Gasteiger partial charge on any atom is -0.497 e. The van der Waals surface area contributed by atoms with Crippen LogP contribution in [0.1, 0.15) is 11.6 Å². The molecular formula is C12H19NO3S. The molecule has 2 atom stereocenters. The van der Waals surface area contributed by atoms with E-state index in [1.54, 1.807) is 14.2 Å². The van der Waals surface area contributed by atoms with E-state index in [1.165, 1.54) is 0 Å². The van der Waals surface area contributed by atoms with E-state index in [-0.39, 0.29) is 6.04 Å². The highest BCUT2D eigenvalue weighted by Crippen LogP contribution is 2.18. The summed E-state index contributed by atoms with van der Waals surface area (Å²) in [6.45, 7) is 0.497. The van der Waals surface area contributed by atoms with Gasteiger partial charge in [0.2, 0.25) is 0 Å². The van der Waals surface area contributed by atoms with Crippen molar-refractivity contribution in [3.05, 3.63) is 29.8 Å². The molecule has 0 aliphatic rings. The van der Waals surface area contributed by atoms with E-state index in [4.69, 9.17) is 15.2 Å². The van der Waals surface area contributed by atoms with Gasteiger partial charge < -0.3 is 15.2 Å². The second-order valence-electron chi connectivity index (χ2n) is 3.69. The summed E-state index contributed by atoms with van der Waals surface area (Å²) in [5.74, 6) is 1.73. The van der Waals surface area contributed by atoms with E-state index < -0.39 is 10.8 Å². The highest BCUT2D eigenvalue weighted by Gasteiger charge is 2.11. The maximum Gasteiger partial charge on any atom is 0.119 e. The average Bonchev–Trinajstić information content (AvgIpc) is 2.36. The molecule has 96 valence electrons. The normalized spacial score (nSPS) is 14.3. The molecule has 17 heavy (non-hydrogen) atoms. The lowest BCUT2D eigenvalue weighted by molar-refractivity contribution is 0.218. The van der Waals surface area contributed by atoms with Crippen molar-refractivity contribution in [3.8, 4) is 5.75 Å². The third kappa shape index (κ3) is 4.85. The molecule has 0 fully saturated rings. The zero-order chi connectivity index (χ0) is 12.7. The van der Waals surface area contributed by atoms with Crippen LogP contribution in [-0.2, 0) is 15.5 Å². The molecule has 2 N–H and O–H groups in total. The van der Waals surface area contributed by atoms with Gasteiger partial charge in [-0.25, -0.2) is 0 Å². The Kier molecular flexibility index (Phi) is 6.18. The lowest BCUT2D eigenvalue weighted by Crippen LogP contribution is -2.20. The molecule has 0 saturated carbocycles. The predicted octanol–water partition coefficient (Wildman–Crippen LogP) is 1.09. The standard InChI is InChI=1S/C12H19NO3S/c1-15-6-7-17(14)9-12(13)10-4-3-5-11(8-10)16-2/h3-5,8,12H,6-7,9,13H2,1-2H3. The minimum absolute atomic E-state index is 0.234. The molecule has 0 amide bonds. The summed E-state index contributed by atoms with van der Waals surface area (Å²) in [5, 5.41) is 0. The van der Waals surface area contributed by atoms with Crippen molar-refractivity contribution < 1.29 is 13.7 Å². The van der Waals surface area contributed by atoms with Crippen LogP contribution in [0.15, 0.2) is 24.3 Å². The van der Waals surface area contributed by atoms with Crippen LogP contribution in [0.25, 0.3) is 0 Å². The Morgan fingerprint density at radius 2 is 2.18 bits per heavy atom. The van der Waals surface area contributed by atoms with Gasteiger partial charge in [0.15, 0.2) is 0 Å². The molecule has 1 aromatic rings. The van der Waals surface area contributed by atoms with Crippen molar-refractivity contribution in [1.82, 2.24) is 0 Å². The first-order valence-electron chi connectivity index (χ1n) is 5.40. The molecule has 1 rings (SSSR count). The number of methoxy groups -OCH3 is 2. The molecule has 1 aromatic carbocycles. The van der Waals surface area contributed by atoms with Gasteiger partial charge in [-0.3, -0.25) is 4.21 Å². The largest absolute Gasteiger partial charge is 0.497 e. The summed E-state index contributed by atoms with van der Waals surface area (Å²) in [6, 6.07) is 7.30. The molecule has 0 heterocycles. The molecule has 0 aliphatic carbocycles. The highest BCUT2D eigenvalue weighted by atomic mass is 32.2. The lowest BCUT2D eigenvalue weighted by Gasteiger charge is -2.12. The van der Waals surface area contributed by atoms with Gasteiger partial charge in [-0.1, -0.05) is 12.1 Å². The van der Waals surface area contributed by atoms with Crippen LogP contribution in [0.5, 0.6) is 5.75 Å². The third-order valence-electron chi connectivity index (χ3n) is 2.40. The van der Waals surface area contributed by atoms with Gasteiger partial charge >= 0.3 is 0 Å². The second kappa shape index (κ2) is 7.42. The zero-order valence-corrected chi connectivity index (χ0v) is 11.0. The van der Waals surface area contributed by atoms with E-state index in [0.717, 1.165) is 11.3 Å². The Bertz CT molecular complexity index is 371. The van der Waals surface area contributed by atoms with Crippen LogP contribution in [-0.4, -0.2) is 36.5 Å². The van der Waals surface area contributed by atoms with E-state index in [9.17, 15) is 4.21 Å². The zero-order valence-electron chi connectivity index (χ0n) is 10.2. The van der Waals surface area contributed by atoms with Crippen LogP contribution in [0, 0.1) is 0 Å². The van der Waals surface area contributed by atoms with Gasteiger partial charge in [0.05, 0.1) is 13.7 Å². The van der Waals surface area contributed by atoms with E-state index in [1.807, 2.05) is 24.3 Å². The molecule has 2 unspecified atom stereocenters. The fourth-order valence-electron chi connectivity index (χ4n) is 1.43. The summed E-state index contributed by atoms with van der Waals surface area (Å²) in [7, 11) is 2.26. The van der Waals surface area contributed by atoms with Crippen LogP contribution in [0.2, 0.25) is 0 Å². The van der Waals surface area contributed by atoms with Crippen molar-refractivity contribution in [2.45, 2.75) is 6.04 Å². The summed E-state index contributed by atoms with van der Waals surface area (Å²) < 4.78 is 21.7. The van der Waals surface area contributed by atoms with Crippen LogP contribution in [0.4, 0.5) is 0 Å². The number of benzene rings is 1. The first-order chi connectivity index (χ1) is 8.17. The number of ether oxygens (including phenoxy) is 2. The Labute approximate surface area is 105 Å². The van der Waals surface area contributed by atoms with Gasteiger partial charge in [-0.15, -0.1) is 0 Å². The third-order valence-corrected chi connectivity index (χ3v) is 3.76. The number of hydrogen-bond acceptors (Lipinski definition) is 4. The Morgan fingerprint density at radius 3 is 2.82 bits per heavy atom. The average molecular weight is 257 g/mol. The smallest absolute Gasteiger partial charge is 0.119 e. The van der Waals surface area contributed by atoms with Crippen molar-refractivity contribution in [3.63, 3.8) is 0 Å². The van der Waals surface area contributed by atoms with Gasteiger partial charge in [0, 0.05) is 35.5 Å². The van der Waals surface area contributed by atoms with E-state index in [2.05, 4.69) is 0 Å².